The summed E-state index contributed by atoms with van der Waals surface area (Å²) >= 11 is 0. The van der Waals surface area contributed by atoms with Crippen LogP contribution in [-0.2, 0) is 14.3 Å². The van der Waals surface area contributed by atoms with Crippen LogP contribution in [0.2, 0.25) is 0 Å². The highest BCUT2D eigenvalue weighted by Gasteiger charge is 2.12. The van der Waals surface area contributed by atoms with Gasteiger partial charge in [0.15, 0.2) is 24.7 Å². The minimum atomic E-state index is -0.642. The van der Waals surface area contributed by atoms with Gasteiger partial charge in [-0.25, -0.2) is 4.79 Å². The van der Waals surface area contributed by atoms with Gasteiger partial charge in [0.25, 0.3) is 5.91 Å². The maximum atomic E-state index is 12.0. The number of benzene rings is 2. The molecule has 0 spiro atoms. The minimum Gasteiger partial charge on any atom is -0.493 e. The van der Waals surface area contributed by atoms with E-state index in [9.17, 15) is 9.59 Å². The van der Waals surface area contributed by atoms with Crippen LogP contribution < -0.4 is 14.8 Å². The van der Waals surface area contributed by atoms with Crippen LogP contribution in [0.25, 0.3) is 6.08 Å². The standard InChI is InChI=1S/C24H29NO5/c1-5-7-18-8-13-21(22(14-18)28-4)29-16-24(27)30-15-23(26)25-20-11-9-19(10-12-20)17(3)6-2/h5,7-14,17H,6,15-16H2,1-4H3,(H,25,26)/b7-5+/t17-/m0/s1. The second-order valence-electron chi connectivity index (χ2n) is 6.84. The molecular weight excluding hydrogens is 382 g/mol. The van der Waals surface area contributed by atoms with Crippen molar-refractivity contribution in [2.75, 3.05) is 25.6 Å². The Morgan fingerprint density at radius 1 is 1.07 bits per heavy atom. The average Bonchev–Trinajstić information content (AvgIpc) is 2.76. The number of amides is 1. The Kier molecular flexibility index (Phi) is 8.94. The first-order valence-electron chi connectivity index (χ1n) is 9.95. The Morgan fingerprint density at radius 2 is 1.80 bits per heavy atom. The number of carbonyl (C=O) groups is 2. The summed E-state index contributed by atoms with van der Waals surface area (Å²) in [6, 6.07) is 13.0. The highest BCUT2D eigenvalue weighted by atomic mass is 16.6. The topological polar surface area (TPSA) is 73.9 Å². The molecule has 2 aromatic rings. The fraction of sp³-hybridized carbons (Fsp3) is 0.333. The average molecular weight is 411 g/mol. The molecule has 6 nitrogen and oxygen atoms in total. The van der Waals surface area contributed by atoms with Crippen LogP contribution >= 0.6 is 0 Å². The number of hydrogen-bond acceptors (Lipinski definition) is 5. The molecule has 2 aromatic carbocycles. The van der Waals surface area contributed by atoms with Crippen LogP contribution in [0.5, 0.6) is 11.5 Å². The van der Waals surface area contributed by atoms with Crippen molar-refractivity contribution in [3.05, 3.63) is 59.7 Å². The summed E-state index contributed by atoms with van der Waals surface area (Å²) in [6.45, 7) is 5.50. The first-order valence-corrected chi connectivity index (χ1v) is 9.95. The zero-order valence-corrected chi connectivity index (χ0v) is 17.9. The highest BCUT2D eigenvalue weighted by molar-refractivity contribution is 5.92. The second kappa shape index (κ2) is 11.7. The summed E-state index contributed by atoms with van der Waals surface area (Å²) in [5, 5.41) is 2.71. The van der Waals surface area contributed by atoms with Crippen LogP contribution in [0.15, 0.2) is 48.5 Å². The minimum absolute atomic E-state index is 0.323. The predicted octanol–water partition coefficient (Wildman–Crippen LogP) is 4.80. The van der Waals surface area contributed by atoms with Gasteiger partial charge < -0.3 is 19.5 Å². The van der Waals surface area contributed by atoms with Crippen LogP contribution in [-0.4, -0.2) is 32.2 Å². The first kappa shape index (κ1) is 23.0. The van der Waals surface area contributed by atoms with Crippen molar-refractivity contribution in [2.24, 2.45) is 0 Å². The molecule has 0 heterocycles. The first-order chi connectivity index (χ1) is 14.5. The summed E-state index contributed by atoms with van der Waals surface area (Å²) in [7, 11) is 1.53. The molecule has 0 aliphatic rings. The number of hydrogen-bond donors (Lipinski definition) is 1. The van der Waals surface area contributed by atoms with E-state index < -0.39 is 11.9 Å². The molecule has 160 valence electrons. The maximum absolute atomic E-state index is 12.0. The predicted molar refractivity (Wildman–Crippen MR) is 118 cm³/mol. The molecule has 0 unspecified atom stereocenters. The van der Waals surface area contributed by atoms with Crippen molar-refractivity contribution in [2.45, 2.75) is 33.1 Å². The van der Waals surface area contributed by atoms with E-state index in [-0.39, 0.29) is 13.2 Å². The molecule has 0 fully saturated rings. The molecule has 0 saturated heterocycles. The van der Waals surface area contributed by atoms with E-state index >= 15 is 0 Å². The van der Waals surface area contributed by atoms with E-state index in [2.05, 4.69) is 19.2 Å². The number of anilines is 1. The lowest BCUT2D eigenvalue weighted by molar-refractivity contribution is -0.149. The zero-order valence-electron chi connectivity index (χ0n) is 17.9. The van der Waals surface area contributed by atoms with Gasteiger partial charge in [-0.1, -0.05) is 44.2 Å². The van der Waals surface area contributed by atoms with Gasteiger partial charge in [0.2, 0.25) is 0 Å². The van der Waals surface area contributed by atoms with Crippen LogP contribution in [0.3, 0.4) is 0 Å². The Bertz CT molecular complexity index is 874. The summed E-state index contributed by atoms with van der Waals surface area (Å²) in [5.41, 5.74) is 2.83. The molecule has 0 aliphatic heterocycles. The van der Waals surface area contributed by atoms with E-state index in [1.165, 1.54) is 12.7 Å². The molecule has 0 aliphatic carbocycles. The summed E-state index contributed by atoms with van der Waals surface area (Å²) < 4.78 is 15.7. The van der Waals surface area contributed by atoms with Crippen LogP contribution in [0.1, 0.15) is 44.2 Å². The van der Waals surface area contributed by atoms with E-state index in [0.717, 1.165) is 12.0 Å². The molecule has 1 amide bonds. The van der Waals surface area contributed by atoms with E-state index in [1.54, 1.807) is 12.1 Å². The third-order valence-electron chi connectivity index (χ3n) is 4.63. The Hall–Kier alpha value is -3.28. The van der Waals surface area contributed by atoms with Crippen LogP contribution in [0, 0.1) is 0 Å². The lowest BCUT2D eigenvalue weighted by Gasteiger charge is -2.12. The van der Waals surface area contributed by atoms with Gasteiger partial charge in [-0.3, -0.25) is 4.79 Å². The van der Waals surface area contributed by atoms with Gasteiger partial charge in [0.05, 0.1) is 7.11 Å². The van der Waals surface area contributed by atoms with Crippen molar-refractivity contribution in [1.29, 1.82) is 0 Å². The third kappa shape index (κ3) is 6.95. The lowest BCUT2D eigenvalue weighted by atomic mass is 9.99. The largest absolute Gasteiger partial charge is 0.493 e. The fourth-order valence-electron chi connectivity index (χ4n) is 2.75. The van der Waals surface area contributed by atoms with Crippen molar-refractivity contribution >= 4 is 23.6 Å². The van der Waals surface area contributed by atoms with Crippen LogP contribution in [0.4, 0.5) is 5.69 Å². The van der Waals surface area contributed by atoms with Crippen molar-refractivity contribution in [3.63, 3.8) is 0 Å². The van der Waals surface area contributed by atoms with E-state index in [0.29, 0.717) is 23.1 Å². The number of nitrogens with one attached hydrogen (secondary N) is 1. The summed E-state index contributed by atoms with van der Waals surface area (Å²) in [6.07, 6.45) is 4.89. The molecule has 0 saturated carbocycles. The summed E-state index contributed by atoms with van der Waals surface area (Å²) in [4.78, 5) is 23.9. The van der Waals surface area contributed by atoms with E-state index in [1.807, 2.05) is 49.4 Å². The lowest BCUT2D eigenvalue weighted by Crippen LogP contribution is -2.23. The second-order valence-corrected chi connectivity index (χ2v) is 6.84. The van der Waals surface area contributed by atoms with E-state index in [4.69, 9.17) is 14.2 Å². The molecule has 1 N–H and O–H groups in total. The van der Waals surface area contributed by atoms with Gasteiger partial charge in [0, 0.05) is 5.69 Å². The highest BCUT2D eigenvalue weighted by Crippen LogP contribution is 2.28. The number of rotatable bonds is 10. The number of ether oxygens (including phenoxy) is 3. The van der Waals surface area contributed by atoms with Gasteiger partial charge in [-0.2, -0.15) is 0 Å². The quantitative estimate of drug-likeness (QED) is 0.569. The molecule has 1 atom stereocenters. The monoisotopic (exact) mass is 411 g/mol. The molecule has 2 rings (SSSR count). The molecule has 6 heteroatoms. The van der Waals surface area contributed by atoms with Crippen molar-refractivity contribution in [1.82, 2.24) is 0 Å². The van der Waals surface area contributed by atoms with Gasteiger partial charge >= 0.3 is 5.97 Å². The molecular formula is C24H29NO5. The molecule has 0 aromatic heterocycles. The van der Waals surface area contributed by atoms with Gasteiger partial charge in [-0.15, -0.1) is 0 Å². The smallest absolute Gasteiger partial charge is 0.344 e. The Balaban J connectivity index is 1.79. The SMILES string of the molecule is C/C=C/c1ccc(OCC(=O)OCC(=O)Nc2ccc([C@@H](C)CC)cc2)c(OC)c1. The molecule has 0 bridgehead atoms. The summed E-state index contributed by atoms with van der Waals surface area (Å²) in [5.74, 6) is 0.351. The zero-order chi connectivity index (χ0) is 21.9. The van der Waals surface area contributed by atoms with Crippen molar-refractivity contribution < 1.29 is 23.8 Å². The normalized spacial score (nSPS) is 11.7. The van der Waals surface area contributed by atoms with Gasteiger partial charge in [0.1, 0.15) is 0 Å². The molecule has 0 radical (unpaired) electrons. The molecule has 30 heavy (non-hydrogen) atoms. The number of allylic oxidation sites excluding steroid dienone is 1. The van der Waals surface area contributed by atoms with Gasteiger partial charge in [-0.05, 0) is 54.7 Å². The fourth-order valence-corrected chi connectivity index (χ4v) is 2.75. The van der Waals surface area contributed by atoms with Crippen molar-refractivity contribution in [3.8, 4) is 11.5 Å². The third-order valence-corrected chi connectivity index (χ3v) is 4.63. The number of methoxy groups -OCH3 is 1. The maximum Gasteiger partial charge on any atom is 0.344 e. The number of esters is 1. The Morgan fingerprint density at radius 3 is 2.43 bits per heavy atom. The number of carbonyl (C=O) groups excluding carboxylic acids is 2. The Labute approximate surface area is 177 Å².